The van der Waals surface area contributed by atoms with E-state index in [1.54, 1.807) is 12.1 Å². The average molecular weight is 300 g/mol. The van der Waals surface area contributed by atoms with Crippen LogP contribution >= 0.6 is 23.8 Å². The van der Waals surface area contributed by atoms with Gasteiger partial charge in [0.05, 0.1) is 10.6 Å². The van der Waals surface area contributed by atoms with E-state index < -0.39 is 19.6 Å². The molecule has 0 saturated heterocycles. The molecule has 0 aliphatic rings. The van der Waals surface area contributed by atoms with Crippen molar-refractivity contribution in [1.29, 1.82) is 0 Å². The summed E-state index contributed by atoms with van der Waals surface area (Å²) in [6, 6.07) is 4.58. The molecule has 0 amide bonds. The molecule has 100 valence electrons. The van der Waals surface area contributed by atoms with E-state index in [2.05, 4.69) is 4.74 Å². The van der Waals surface area contributed by atoms with Crippen molar-refractivity contribution in [2.24, 2.45) is 5.73 Å². The summed E-state index contributed by atoms with van der Waals surface area (Å²) < 4.78 is 44.7. The minimum Gasteiger partial charge on any atom is -0.467 e. The maximum Gasteiger partial charge on any atom is 0.411 e. The second-order valence-corrected chi connectivity index (χ2v) is 4.05. The largest absolute Gasteiger partial charge is 0.467 e. The van der Waals surface area contributed by atoms with E-state index in [-0.39, 0.29) is 21.3 Å². The monoisotopic (exact) mass is 299 g/mol. The van der Waals surface area contributed by atoms with E-state index in [9.17, 15) is 13.2 Å². The van der Waals surface area contributed by atoms with E-state index in [0.29, 0.717) is 0 Å². The Morgan fingerprint density at radius 3 is 2.61 bits per heavy atom. The SMILES string of the molecule is NC(=S)c1c(Cl)cccc1OCOCC(F)(F)F. The lowest BCUT2D eigenvalue weighted by molar-refractivity contribution is -0.186. The number of rotatable bonds is 5. The minimum absolute atomic E-state index is 0.00794. The Morgan fingerprint density at radius 1 is 1.39 bits per heavy atom. The highest BCUT2D eigenvalue weighted by Crippen LogP contribution is 2.26. The van der Waals surface area contributed by atoms with Crippen LogP contribution in [0.25, 0.3) is 0 Å². The van der Waals surface area contributed by atoms with E-state index in [1.807, 2.05) is 0 Å². The molecule has 18 heavy (non-hydrogen) atoms. The van der Waals surface area contributed by atoms with Crippen LogP contribution in [0.2, 0.25) is 5.02 Å². The molecule has 0 heterocycles. The van der Waals surface area contributed by atoms with Gasteiger partial charge >= 0.3 is 6.18 Å². The molecule has 0 spiro atoms. The number of ether oxygens (including phenoxy) is 2. The average Bonchev–Trinajstić information content (AvgIpc) is 2.22. The molecule has 1 rings (SSSR count). The van der Waals surface area contributed by atoms with E-state index in [0.717, 1.165) is 0 Å². The topological polar surface area (TPSA) is 44.5 Å². The molecule has 0 radical (unpaired) electrons. The van der Waals surface area contributed by atoms with E-state index in [1.165, 1.54) is 6.07 Å². The second-order valence-electron chi connectivity index (χ2n) is 3.20. The summed E-state index contributed by atoms with van der Waals surface area (Å²) in [7, 11) is 0. The quantitative estimate of drug-likeness (QED) is 0.516. The van der Waals surface area contributed by atoms with Gasteiger partial charge in [0.15, 0.2) is 6.79 Å². The van der Waals surface area contributed by atoms with Crippen LogP contribution in [-0.4, -0.2) is 24.6 Å². The first-order valence-electron chi connectivity index (χ1n) is 4.67. The third-order valence-electron chi connectivity index (χ3n) is 1.79. The van der Waals surface area contributed by atoms with Crippen molar-refractivity contribution in [3.05, 3.63) is 28.8 Å². The number of alkyl halides is 3. The van der Waals surface area contributed by atoms with Gasteiger partial charge in [-0.3, -0.25) is 0 Å². The predicted molar refractivity (Wildman–Crippen MR) is 64.8 cm³/mol. The molecule has 0 aromatic heterocycles. The molecule has 0 unspecified atom stereocenters. The fourth-order valence-corrected chi connectivity index (χ4v) is 1.66. The van der Waals surface area contributed by atoms with Crippen LogP contribution in [0, 0.1) is 0 Å². The summed E-state index contributed by atoms with van der Waals surface area (Å²) in [4.78, 5) is -0.00794. The van der Waals surface area contributed by atoms with Crippen LogP contribution in [0.4, 0.5) is 13.2 Å². The van der Waals surface area contributed by atoms with Crippen molar-refractivity contribution >= 4 is 28.8 Å². The summed E-state index contributed by atoms with van der Waals surface area (Å²) in [6.07, 6.45) is -4.40. The minimum atomic E-state index is -4.40. The van der Waals surface area contributed by atoms with Crippen LogP contribution in [0.15, 0.2) is 18.2 Å². The Labute approximate surface area is 112 Å². The van der Waals surface area contributed by atoms with Crippen LogP contribution in [0.5, 0.6) is 5.75 Å². The molecule has 0 atom stereocenters. The third kappa shape index (κ3) is 4.67. The zero-order valence-corrected chi connectivity index (χ0v) is 10.5. The van der Waals surface area contributed by atoms with E-state index in [4.69, 9.17) is 34.3 Å². The number of halogens is 4. The standard InChI is InChI=1S/C10H9ClF3NO2S/c11-6-2-1-3-7(8(6)9(15)18)17-5-16-4-10(12,13)14/h1-3H,4-5H2,(H2,15,18). The third-order valence-corrected chi connectivity index (χ3v) is 2.30. The van der Waals surface area contributed by atoms with Gasteiger partial charge in [-0.15, -0.1) is 0 Å². The fraction of sp³-hybridized carbons (Fsp3) is 0.300. The molecule has 0 saturated carbocycles. The zero-order chi connectivity index (χ0) is 13.8. The van der Waals surface area contributed by atoms with E-state index >= 15 is 0 Å². The highest BCUT2D eigenvalue weighted by molar-refractivity contribution is 7.80. The van der Waals surface area contributed by atoms with Crippen molar-refractivity contribution in [2.45, 2.75) is 6.18 Å². The van der Waals surface area contributed by atoms with Gasteiger partial charge < -0.3 is 15.2 Å². The normalized spacial score (nSPS) is 11.3. The van der Waals surface area contributed by atoms with Crippen molar-refractivity contribution in [3.63, 3.8) is 0 Å². The summed E-state index contributed by atoms with van der Waals surface area (Å²) in [5.74, 6) is 0.178. The highest BCUT2D eigenvalue weighted by Gasteiger charge is 2.27. The zero-order valence-electron chi connectivity index (χ0n) is 8.96. The molecule has 1 aromatic rings. The van der Waals surface area contributed by atoms with Crippen LogP contribution < -0.4 is 10.5 Å². The molecular weight excluding hydrogens is 291 g/mol. The summed E-state index contributed by atoms with van der Waals surface area (Å²) in [5, 5.41) is 0.260. The lowest BCUT2D eigenvalue weighted by Crippen LogP contribution is -2.20. The Morgan fingerprint density at radius 2 is 2.06 bits per heavy atom. The van der Waals surface area contributed by atoms with Crippen LogP contribution in [-0.2, 0) is 4.74 Å². The van der Waals surface area contributed by atoms with Gasteiger partial charge in [-0.05, 0) is 12.1 Å². The summed E-state index contributed by atoms with van der Waals surface area (Å²) >= 11 is 10.6. The molecule has 0 aliphatic heterocycles. The van der Waals surface area contributed by atoms with Crippen LogP contribution in [0.3, 0.4) is 0 Å². The first kappa shape index (κ1) is 15.0. The first-order chi connectivity index (χ1) is 8.31. The first-order valence-corrected chi connectivity index (χ1v) is 5.45. The summed E-state index contributed by atoms with van der Waals surface area (Å²) in [5.41, 5.74) is 5.70. The molecule has 0 aliphatic carbocycles. The van der Waals surface area contributed by atoms with Crippen molar-refractivity contribution in [3.8, 4) is 5.75 Å². The van der Waals surface area contributed by atoms with Crippen molar-refractivity contribution in [1.82, 2.24) is 0 Å². The molecule has 0 fully saturated rings. The Hall–Kier alpha value is -1.05. The molecule has 1 aromatic carbocycles. The maximum atomic E-state index is 11.8. The maximum absolute atomic E-state index is 11.8. The van der Waals surface area contributed by atoms with Gasteiger partial charge in [-0.25, -0.2) is 0 Å². The Balaban J connectivity index is 2.63. The number of thiocarbonyl (C=S) groups is 1. The fourth-order valence-electron chi connectivity index (χ4n) is 1.13. The van der Waals surface area contributed by atoms with Crippen molar-refractivity contribution < 1.29 is 22.6 Å². The van der Waals surface area contributed by atoms with Gasteiger partial charge in [-0.1, -0.05) is 29.9 Å². The van der Waals surface area contributed by atoms with Crippen molar-refractivity contribution in [2.75, 3.05) is 13.4 Å². The van der Waals surface area contributed by atoms with Gasteiger partial charge in [0.25, 0.3) is 0 Å². The number of hydrogen-bond donors (Lipinski definition) is 1. The Bertz CT molecular complexity index is 440. The van der Waals surface area contributed by atoms with Gasteiger partial charge in [0.1, 0.15) is 17.3 Å². The highest BCUT2D eigenvalue weighted by atomic mass is 35.5. The number of benzene rings is 1. The lowest BCUT2D eigenvalue weighted by atomic mass is 10.2. The molecule has 8 heteroatoms. The van der Waals surface area contributed by atoms with Gasteiger partial charge in [0.2, 0.25) is 0 Å². The lowest BCUT2D eigenvalue weighted by Gasteiger charge is -2.12. The predicted octanol–water partition coefficient (Wildman–Crippen LogP) is 2.89. The molecule has 0 bridgehead atoms. The number of hydrogen-bond acceptors (Lipinski definition) is 3. The second kappa shape index (κ2) is 6.21. The van der Waals surface area contributed by atoms with Crippen LogP contribution in [0.1, 0.15) is 5.56 Å². The molecule has 2 N–H and O–H groups in total. The molecular formula is C10H9ClF3NO2S. The number of nitrogens with two attached hydrogens (primary N) is 1. The Kier molecular flexibility index (Phi) is 5.18. The summed E-state index contributed by atoms with van der Waals surface area (Å²) in [6.45, 7) is -1.97. The molecule has 3 nitrogen and oxygen atoms in total. The van der Waals surface area contributed by atoms with Gasteiger partial charge in [0, 0.05) is 0 Å². The van der Waals surface area contributed by atoms with Gasteiger partial charge in [-0.2, -0.15) is 13.2 Å². The smallest absolute Gasteiger partial charge is 0.411 e.